The van der Waals surface area contributed by atoms with Crippen molar-refractivity contribution in [2.75, 3.05) is 4.72 Å². The van der Waals surface area contributed by atoms with E-state index in [1.165, 1.54) is 6.07 Å². The summed E-state index contributed by atoms with van der Waals surface area (Å²) in [6, 6.07) is 14.3. The summed E-state index contributed by atoms with van der Waals surface area (Å²) in [5.74, 6) is 0.461. The van der Waals surface area contributed by atoms with Crippen LogP contribution in [-0.2, 0) is 16.6 Å². The zero-order chi connectivity index (χ0) is 21.0. The maximum absolute atomic E-state index is 12.9. The first-order chi connectivity index (χ1) is 13.8. The molecule has 0 bridgehead atoms. The molecule has 0 radical (unpaired) electrons. The fourth-order valence-corrected chi connectivity index (χ4v) is 4.08. The minimum Gasteiger partial charge on any atom is -0.487 e. The molecular formula is C20H19N3O5S. The summed E-state index contributed by atoms with van der Waals surface area (Å²) in [5, 5.41) is 11.1. The monoisotopic (exact) mass is 413 g/mol. The van der Waals surface area contributed by atoms with E-state index in [9.17, 15) is 18.5 Å². The second kappa shape index (κ2) is 8.27. The summed E-state index contributed by atoms with van der Waals surface area (Å²) in [6.07, 6.45) is 1.66. The van der Waals surface area contributed by atoms with Crippen LogP contribution < -0.4 is 9.46 Å². The third-order valence-electron chi connectivity index (χ3n) is 4.30. The summed E-state index contributed by atoms with van der Waals surface area (Å²) in [5.41, 5.74) is 1.71. The van der Waals surface area contributed by atoms with Gasteiger partial charge in [-0.3, -0.25) is 19.8 Å². The third-order valence-corrected chi connectivity index (χ3v) is 5.81. The van der Waals surface area contributed by atoms with Crippen molar-refractivity contribution in [2.45, 2.75) is 25.3 Å². The summed E-state index contributed by atoms with van der Waals surface area (Å²) in [6.45, 7) is 3.48. The number of sulfonamides is 1. The van der Waals surface area contributed by atoms with Crippen molar-refractivity contribution in [3.63, 3.8) is 0 Å². The van der Waals surface area contributed by atoms with E-state index in [4.69, 9.17) is 4.74 Å². The molecule has 0 atom stereocenters. The molecule has 0 saturated carbocycles. The Kier molecular flexibility index (Phi) is 5.79. The van der Waals surface area contributed by atoms with Crippen LogP contribution in [-0.4, -0.2) is 18.3 Å². The van der Waals surface area contributed by atoms with Crippen molar-refractivity contribution in [1.29, 1.82) is 0 Å². The Morgan fingerprint density at radius 2 is 1.90 bits per heavy atom. The number of rotatable bonds is 7. The third kappa shape index (κ3) is 4.88. The van der Waals surface area contributed by atoms with Gasteiger partial charge in [0.1, 0.15) is 12.4 Å². The standard InChI is InChI=1S/C20H19N3O5S/c1-14-10-18(23(24)25)12-20(15(14)2)29(26,27)22-16-7-5-8-19(11-16)28-13-17-6-3-4-9-21-17/h3-12,22H,13H2,1-2H3. The zero-order valence-electron chi connectivity index (χ0n) is 15.8. The number of aryl methyl sites for hydroxylation is 1. The lowest BCUT2D eigenvalue weighted by molar-refractivity contribution is -0.385. The highest BCUT2D eigenvalue weighted by molar-refractivity contribution is 7.92. The van der Waals surface area contributed by atoms with Gasteiger partial charge >= 0.3 is 0 Å². The lowest BCUT2D eigenvalue weighted by Gasteiger charge is -2.13. The normalized spacial score (nSPS) is 11.1. The predicted octanol–water partition coefficient (Wildman–Crippen LogP) is 3.99. The van der Waals surface area contributed by atoms with E-state index in [0.29, 0.717) is 16.9 Å². The molecule has 150 valence electrons. The van der Waals surface area contributed by atoms with Crippen LogP contribution in [0.1, 0.15) is 16.8 Å². The Bertz CT molecular complexity index is 1150. The molecule has 1 heterocycles. The van der Waals surface area contributed by atoms with Gasteiger partial charge in [-0.05, 0) is 49.2 Å². The van der Waals surface area contributed by atoms with Gasteiger partial charge in [0, 0.05) is 24.4 Å². The number of hydrogen-bond donors (Lipinski definition) is 1. The second-order valence-electron chi connectivity index (χ2n) is 6.39. The van der Waals surface area contributed by atoms with Gasteiger partial charge in [0.25, 0.3) is 15.7 Å². The lowest BCUT2D eigenvalue weighted by atomic mass is 10.1. The number of nitrogens with one attached hydrogen (secondary N) is 1. The molecule has 0 amide bonds. The Hall–Kier alpha value is -3.46. The van der Waals surface area contributed by atoms with Crippen molar-refractivity contribution < 1.29 is 18.1 Å². The summed E-state index contributed by atoms with van der Waals surface area (Å²) in [7, 11) is -4.03. The first kappa shape index (κ1) is 20.3. The van der Waals surface area contributed by atoms with Crippen LogP contribution in [0, 0.1) is 24.0 Å². The average molecular weight is 413 g/mol. The molecule has 0 aliphatic rings. The Morgan fingerprint density at radius 1 is 1.10 bits per heavy atom. The Morgan fingerprint density at radius 3 is 2.59 bits per heavy atom. The number of pyridine rings is 1. The van der Waals surface area contributed by atoms with Crippen molar-refractivity contribution in [3.05, 3.63) is 87.7 Å². The van der Waals surface area contributed by atoms with Crippen LogP contribution in [0.2, 0.25) is 0 Å². The number of hydrogen-bond acceptors (Lipinski definition) is 6. The van der Waals surface area contributed by atoms with E-state index >= 15 is 0 Å². The first-order valence-electron chi connectivity index (χ1n) is 8.67. The van der Waals surface area contributed by atoms with Crippen molar-refractivity contribution >= 4 is 21.4 Å². The van der Waals surface area contributed by atoms with Crippen LogP contribution in [0.5, 0.6) is 5.75 Å². The van der Waals surface area contributed by atoms with Crippen molar-refractivity contribution in [1.82, 2.24) is 4.98 Å². The maximum Gasteiger partial charge on any atom is 0.271 e. The van der Waals surface area contributed by atoms with Gasteiger partial charge < -0.3 is 4.74 Å². The molecular weight excluding hydrogens is 394 g/mol. The molecule has 3 rings (SSSR count). The van der Waals surface area contributed by atoms with Crippen molar-refractivity contribution in [2.24, 2.45) is 0 Å². The Labute approximate surface area is 168 Å². The van der Waals surface area contributed by atoms with E-state index in [1.54, 1.807) is 50.4 Å². The number of ether oxygens (including phenoxy) is 1. The number of benzene rings is 2. The smallest absolute Gasteiger partial charge is 0.271 e. The van der Waals surface area contributed by atoms with Crippen molar-refractivity contribution in [3.8, 4) is 5.75 Å². The molecule has 29 heavy (non-hydrogen) atoms. The van der Waals surface area contributed by atoms with E-state index < -0.39 is 14.9 Å². The minimum absolute atomic E-state index is 0.135. The SMILES string of the molecule is Cc1cc([N+](=O)[O-])cc(S(=O)(=O)Nc2cccc(OCc3ccccn3)c2)c1C. The van der Waals surface area contributed by atoms with E-state index in [0.717, 1.165) is 11.8 Å². The summed E-state index contributed by atoms with van der Waals surface area (Å²) in [4.78, 5) is 14.5. The maximum atomic E-state index is 12.9. The highest BCUT2D eigenvalue weighted by atomic mass is 32.2. The van der Waals surface area contributed by atoms with E-state index in [-0.39, 0.29) is 22.9 Å². The van der Waals surface area contributed by atoms with Crippen LogP contribution >= 0.6 is 0 Å². The van der Waals surface area contributed by atoms with Crippen LogP contribution in [0.3, 0.4) is 0 Å². The topological polar surface area (TPSA) is 111 Å². The fraction of sp³-hybridized carbons (Fsp3) is 0.150. The molecule has 0 aliphatic heterocycles. The fourth-order valence-electron chi connectivity index (χ4n) is 2.69. The number of anilines is 1. The lowest BCUT2D eigenvalue weighted by Crippen LogP contribution is -2.15. The minimum atomic E-state index is -4.03. The number of nitrogens with zero attached hydrogens (tertiary/aromatic N) is 2. The average Bonchev–Trinajstić information content (AvgIpc) is 2.69. The molecule has 0 saturated heterocycles. The highest BCUT2D eigenvalue weighted by Gasteiger charge is 2.22. The molecule has 0 aliphatic carbocycles. The number of non-ortho nitro benzene ring substituents is 1. The number of nitro groups is 1. The quantitative estimate of drug-likeness (QED) is 0.463. The molecule has 8 nitrogen and oxygen atoms in total. The molecule has 0 unspecified atom stereocenters. The second-order valence-corrected chi connectivity index (χ2v) is 8.04. The van der Waals surface area contributed by atoms with Gasteiger partial charge in [0.05, 0.1) is 21.2 Å². The molecule has 1 aromatic heterocycles. The summed E-state index contributed by atoms with van der Waals surface area (Å²) < 4.78 is 33.8. The molecule has 9 heteroatoms. The van der Waals surface area contributed by atoms with Crippen LogP contribution in [0.25, 0.3) is 0 Å². The van der Waals surface area contributed by atoms with Gasteiger partial charge in [0.2, 0.25) is 0 Å². The number of aromatic nitrogens is 1. The Balaban J connectivity index is 1.83. The van der Waals surface area contributed by atoms with Gasteiger partial charge in [0.15, 0.2) is 0 Å². The predicted molar refractivity (Wildman–Crippen MR) is 108 cm³/mol. The van der Waals surface area contributed by atoms with Gasteiger partial charge in [-0.2, -0.15) is 0 Å². The van der Waals surface area contributed by atoms with E-state index in [2.05, 4.69) is 9.71 Å². The molecule has 0 spiro atoms. The molecule has 3 aromatic rings. The molecule has 0 fully saturated rings. The van der Waals surface area contributed by atoms with Crippen LogP contribution in [0.4, 0.5) is 11.4 Å². The molecule has 2 aromatic carbocycles. The highest BCUT2D eigenvalue weighted by Crippen LogP contribution is 2.28. The van der Waals surface area contributed by atoms with Gasteiger partial charge in [-0.25, -0.2) is 8.42 Å². The molecule has 1 N–H and O–H groups in total. The van der Waals surface area contributed by atoms with Gasteiger partial charge in [-0.1, -0.05) is 12.1 Å². The zero-order valence-corrected chi connectivity index (χ0v) is 16.6. The van der Waals surface area contributed by atoms with Gasteiger partial charge in [-0.15, -0.1) is 0 Å². The van der Waals surface area contributed by atoms with Crippen LogP contribution in [0.15, 0.2) is 65.7 Å². The largest absolute Gasteiger partial charge is 0.487 e. The first-order valence-corrected chi connectivity index (χ1v) is 10.2. The number of nitro benzene ring substituents is 1. The summed E-state index contributed by atoms with van der Waals surface area (Å²) >= 11 is 0. The van der Waals surface area contributed by atoms with E-state index in [1.807, 2.05) is 12.1 Å².